The summed E-state index contributed by atoms with van der Waals surface area (Å²) in [6.45, 7) is 1.28. The van der Waals surface area contributed by atoms with Crippen LogP contribution in [0.15, 0.2) is 24.3 Å². The second-order valence-electron chi connectivity index (χ2n) is 3.51. The van der Waals surface area contributed by atoms with E-state index < -0.39 is 0 Å². The molecule has 0 saturated carbocycles. The molecule has 14 heavy (non-hydrogen) atoms. The van der Waals surface area contributed by atoms with E-state index in [2.05, 4.69) is 29.6 Å². The summed E-state index contributed by atoms with van der Waals surface area (Å²) >= 11 is 0. The third-order valence-electron chi connectivity index (χ3n) is 2.45. The zero-order chi connectivity index (χ0) is 9.80. The second-order valence-corrected chi connectivity index (χ2v) is 3.51. The number of benzene rings is 1. The first-order valence-electron chi connectivity index (χ1n) is 5.04. The summed E-state index contributed by atoms with van der Waals surface area (Å²) in [5.74, 6) is 0. The van der Waals surface area contributed by atoms with Crippen LogP contribution >= 0.6 is 0 Å². The maximum Gasteiger partial charge on any atom is 0.0465 e. The second kappa shape index (κ2) is 4.29. The van der Waals surface area contributed by atoms with Crippen LogP contribution < -0.4 is 5.32 Å². The number of aliphatic hydroxyl groups is 1. The van der Waals surface area contributed by atoms with Crippen LogP contribution in [-0.2, 0) is 6.42 Å². The van der Waals surface area contributed by atoms with Gasteiger partial charge in [-0.3, -0.25) is 0 Å². The fraction of sp³-hybridized carbons (Fsp3) is 0.333. The molecule has 1 aromatic rings. The molecule has 2 nitrogen and oxygen atoms in total. The van der Waals surface area contributed by atoms with Gasteiger partial charge in [-0.1, -0.05) is 18.2 Å². The Labute approximate surface area is 84.3 Å². The predicted octanol–water partition coefficient (Wildman–Crippen LogP) is 2.05. The molecule has 2 rings (SSSR count). The minimum atomic E-state index is 0.225. The van der Waals surface area contributed by atoms with Gasteiger partial charge in [0.2, 0.25) is 0 Å². The van der Waals surface area contributed by atoms with E-state index in [1.165, 1.54) is 16.8 Å². The van der Waals surface area contributed by atoms with Crippen molar-refractivity contribution in [2.24, 2.45) is 0 Å². The van der Waals surface area contributed by atoms with Gasteiger partial charge in [0.15, 0.2) is 0 Å². The molecule has 0 unspecified atom stereocenters. The molecule has 0 aliphatic carbocycles. The van der Waals surface area contributed by atoms with Crippen LogP contribution in [0.25, 0.3) is 6.08 Å². The smallest absolute Gasteiger partial charge is 0.0465 e. The van der Waals surface area contributed by atoms with Crippen molar-refractivity contribution in [3.8, 4) is 0 Å². The van der Waals surface area contributed by atoms with E-state index in [1.54, 1.807) is 0 Å². The lowest BCUT2D eigenvalue weighted by Gasteiger charge is -2.00. The highest BCUT2D eigenvalue weighted by Gasteiger charge is 2.08. The topological polar surface area (TPSA) is 32.3 Å². The van der Waals surface area contributed by atoms with Crippen LogP contribution in [0.4, 0.5) is 5.69 Å². The van der Waals surface area contributed by atoms with Crippen molar-refractivity contribution < 1.29 is 5.11 Å². The maximum absolute atomic E-state index is 8.64. The molecule has 0 radical (unpaired) electrons. The Bertz CT molecular complexity index is 344. The van der Waals surface area contributed by atoms with Gasteiger partial charge in [0.1, 0.15) is 0 Å². The molecule has 0 spiro atoms. The number of rotatable bonds is 3. The van der Waals surface area contributed by atoms with Crippen molar-refractivity contribution in [3.05, 3.63) is 35.4 Å². The van der Waals surface area contributed by atoms with Crippen LogP contribution in [0.2, 0.25) is 0 Å². The average Bonchev–Trinajstić information content (AvgIpc) is 2.65. The van der Waals surface area contributed by atoms with Crippen molar-refractivity contribution in [1.82, 2.24) is 0 Å². The minimum Gasteiger partial charge on any atom is -0.396 e. The van der Waals surface area contributed by atoms with Gasteiger partial charge in [0, 0.05) is 18.8 Å². The molecule has 1 aliphatic heterocycles. The highest BCUT2D eigenvalue weighted by atomic mass is 16.2. The summed E-state index contributed by atoms with van der Waals surface area (Å²) < 4.78 is 0. The molecular weight excluding hydrogens is 174 g/mol. The average molecular weight is 189 g/mol. The Kier molecular flexibility index (Phi) is 2.84. The van der Waals surface area contributed by atoms with Crippen molar-refractivity contribution in [2.45, 2.75) is 12.8 Å². The maximum atomic E-state index is 8.64. The Morgan fingerprint density at radius 3 is 3.21 bits per heavy atom. The van der Waals surface area contributed by atoms with Crippen molar-refractivity contribution in [1.29, 1.82) is 0 Å². The minimum absolute atomic E-state index is 0.225. The Balaban J connectivity index is 2.12. The molecule has 0 saturated heterocycles. The predicted molar refractivity (Wildman–Crippen MR) is 59.4 cm³/mol. The summed E-state index contributed by atoms with van der Waals surface area (Å²) in [4.78, 5) is 0. The summed E-state index contributed by atoms with van der Waals surface area (Å²) in [6, 6.07) is 6.44. The number of nitrogens with one attached hydrogen (secondary N) is 1. The fourth-order valence-electron chi connectivity index (χ4n) is 1.72. The molecule has 74 valence electrons. The van der Waals surface area contributed by atoms with Gasteiger partial charge in [-0.05, 0) is 36.1 Å². The number of hydrogen-bond donors (Lipinski definition) is 2. The van der Waals surface area contributed by atoms with E-state index >= 15 is 0 Å². The number of hydrogen-bond acceptors (Lipinski definition) is 2. The molecule has 0 amide bonds. The zero-order valence-corrected chi connectivity index (χ0v) is 8.16. The van der Waals surface area contributed by atoms with E-state index in [0.717, 1.165) is 19.4 Å². The van der Waals surface area contributed by atoms with Crippen LogP contribution in [-0.4, -0.2) is 18.3 Å². The molecule has 1 aromatic carbocycles. The standard InChI is InChI=1S/C12H15NO/c14-8-2-1-3-10-4-5-12-11(9-10)6-7-13-12/h1,3-5,9,13-14H,2,6-8H2. The van der Waals surface area contributed by atoms with Gasteiger partial charge in [-0.25, -0.2) is 0 Å². The van der Waals surface area contributed by atoms with Gasteiger partial charge in [0.25, 0.3) is 0 Å². The zero-order valence-electron chi connectivity index (χ0n) is 8.16. The van der Waals surface area contributed by atoms with E-state index in [1.807, 2.05) is 6.08 Å². The summed E-state index contributed by atoms with van der Waals surface area (Å²) in [6.07, 6.45) is 5.92. The van der Waals surface area contributed by atoms with Gasteiger partial charge in [-0.15, -0.1) is 0 Å². The van der Waals surface area contributed by atoms with Crippen LogP contribution in [0.5, 0.6) is 0 Å². The van der Waals surface area contributed by atoms with Gasteiger partial charge in [-0.2, -0.15) is 0 Å². The normalized spacial score (nSPS) is 14.4. The number of aliphatic hydroxyl groups excluding tert-OH is 1. The van der Waals surface area contributed by atoms with Crippen LogP contribution in [0, 0.1) is 0 Å². The first-order chi connectivity index (χ1) is 6.90. The van der Waals surface area contributed by atoms with E-state index in [-0.39, 0.29) is 6.61 Å². The fourth-order valence-corrected chi connectivity index (χ4v) is 1.72. The lowest BCUT2D eigenvalue weighted by Crippen LogP contribution is -1.90. The molecule has 2 heteroatoms. The SMILES string of the molecule is OCCC=Cc1ccc2c(c1)CCN2. The van der Waals surface area contributed by atoms with Crippen molar-refractivity contribution in [3.63, 3.8) is 0 Å². The van der Waals surface area contributed by atoms with Crippen molar-refractivity contribution >= 4 is 11.8 Å². The molecule has 0 bridgehead atoms. The molecular formula is C12H15NO. The van der Waals surface area contributed by atoms with Crippen LogP contribution in [0.3, 0.4) is 0 Å². The molecule has 1 aliphatic rings. The van der Waals surface area contributed by atoms with Crippen LogP contribution in [0.1, 0.15) is 17.5 Å². The van der Waals surface area contributed by atoms with E-state index in [9.17, 15) is 0 Å². The van der Waals surface area contributed by atoms with Gasteiger partial charge >= 0.3 is 0 Å². The highest BCUT2D eigenvalue weighted by molar-refractivity contribution is 5.62. The number of anilines is 1. The highest BCUT2D eigenvalue weighted by Crippen LogP contribution is 2.23. The Morgan fingerprint density at radius 1 is 1.43 bits per heavy atom. The Hall–Kier alpha value is -1.28. The first kappa shape index (κ1) is 9.28. The molecule has 1 heterocycles. The summed E-state index contributed by atoms with van der Waals surface area (Å²) in [7, 11) is 0. The molecule has 0 fully saturated rings. The summed E-state index contributed by atoms with van der Waals surface area (Å²) in [5.41, 5.74) is 3.89. The molecule has 0 aromatic heterocycles. The number of fused-ring (bicyclic) bond motifs is 1. The largest absolute Gasteiger partial charge is 0.396 e. The Morgan fingerprint density at radius 2 is 2.36 bits per heavy atom. The van der Waals surface area contributed by atoms with Crippen molar-refractivity contribution in [2.75, 3.05) is 18.5 Å². The molecule has 0 atom stereocenters. The quantitative estimate of drug-likeness (QED) is 0.762. The molecule has 2 N–H and O–H groups in total. The lowest BCUT2D eigenvalue weighted by atomic mass is 10.1. The lowest BCUT2D eigenvalue weighted by molar-refractivity contribution is 0.303. The van der Waals surface area contributed by atoms with Gasteiger partial charge in [0.05, 0.1) is 0 Å². The third kappa shape index (κ3) is 1.96. The van der Waals surface area contributed by atoms with E-state index in [0.29, 0.717) is 0 Å². The summed E-state index contributed by atoms with van der Waals surface area (Å²) in [5, 5.41) is 12.0. The van der Waals surface area contributed by atoms with Gasteiger partial charge < -0.3 is 10.4 Å². The van der Waals surface area contributed by atoms with E-state index in [4.69, 9.17) is 5.11 Å². The third-order valence-corrected chi connectivity index (χ3v) is 2.45. The monoisotopic (exact) mass is 189 g/mol. The first-order valence-corrected chi connectivity index (χ1v) is 5.04.